The van der Waals surface area contributed by atoms with Crippen LogP contribution in [-0.2, 0) is 11.3 Å². The number of carbonyl (C=O) groups excluding carboxylic acids is 3. The second-order valence-electron chi connectivity index (χ2n) is 14.8. The van der Waals surface area contributed by atoms with Gasteiger partial charge in [0.1, 0.15) is 29.8 Å². The number of piperidine rings is 2. The SMILES string of the molecule is CC(C)(C)OC(=O)N1CCC(CNC(=O)c2ccc(-c3ccc(OCc4ccc(OC5CCN(C(=O)c6ccc(Br)cc6)CC5)cc4)cc3)cc2)CC1. The normalized spacial score (nSPS) is 15.5. The quantitative estimate of drug-likeness (QED) is 0.173. The zero-order valence-corrected chi connectivity index (χ0v) is 32.3. The molecule has 4 aromatic carbocycles. The summed E-state index contributed by atoms with van der Waals surface area (Å²) in [7, 11) is 0. The van der Waals surface area contributed by atoms with E-state index < -0.39 is 5.60 Å². The second kappa shape index (κ2) is 17.3. The van der Waals surface area contributed by atoms with Gasteiger partial charge in [-0.3, -0.25) is 9.59 Å². The van der Waals surface area contributed by atoms with Crippen molar-refractivity contribution < 1.29 is 28.6 Å². The summed E-state index contributed by atoms with van der Waals surface area (Å²) < 4.78 is 18.7. The van der Waals surface area contributed by atoms with Crippen LogP contribution in [0.25, 0.3) is 11.1 Å². The van der Waals surface area contributed by atoms with E-state index in [9.17, 15) is 14.4 Å². The Balaban J connectivity index is 0.897. The van der Waals surface area contributed by atoms with Crippen LogP contribution in [0.3, 0.4) is 0 Å². The van der Waals surface area contributed by atoms with Gasteiger partial charge in [0.05, 0.1) is 0 Å². The summed E-state index contributed by atoms with van der Waals surface area (Å²) in [5.41, 5.74) is 3.90. The molecule has 2 aliphatic heterocycles. The molecule has 2 aliphatic rings. The maximum atomic E-state index is 12.9. The van der Waals surface area contributed by atoms with Crippen LogP contribution in [0.4, 0.5) is 4.79 Å². The van der Waals surface area contributed by atoms with Crippen molar-refractivity contribution in [1.82, 2.24) is 15.1 Å². The number of ether oxygens (including phenoxy) is 3. The first-order valence-corrected chi connectivity index (χ1v) is 19.2. The first-order chi connectivity index (χ1) is 25.5. The predicted molar refractivity (Wildman–Crippen MR) is 209 cm³/mol. The third kappa shape index (κ3) is 10.9. The number of nitrogens with one attached hydrogen (secondary N) is 1. The van der Waals surface area contributed by atoms with E-state index in [1.807, 2.05) is 123 Å². The van der Waals surface area contributed by atoms with Crippen molar-refractivity contribution in [1.29, 1.82) is 0 Å². The van der Waals surface area contributed by atoms with Crippen molar-refractivity contribution in [2.75, 3.05) is 32.7 Å². The molecule has 0 atom stereocenters. The lowest BCUT2D eigenvalue weighted by atomic mass is 9.97. The maximum absolute atomic E-state index is 12.9. The molecule has 0 unspecified atom stereocenters. The molecule has 2 saturated heterocycles. The van der Waals surface area contributed by atoms with Gasteiger partial charge in [0.15, 0.2) is 0 Å². The Morgan fingerprint density at radius 2 is 1.25 bits per heavy atom. The lowest BCUT2D eigenvalue weighted by Gasteiger charge is -2.33. The highest BCUT2D eigenvalue weighted by Gasteiger charge is 2.27. The minimum absolute atomic E-state index is 0.0638. The molecule has 6 rings (SSSR count). The lowest BCUT2D eigenvalue weighted by molar-refractivity contribution is 0.0183. The smallest absolute Gasteiger partial charge is 0.410 e. The van der Waals surface area contributed by atoms with Crippen molar-refractivity contribution >= 4 is 33.8 Å². The standard InChI is InChI=1S/C43H48BrN3O6/c1-43(2,3)53-42(50)47-24-20-30(21-25-47)28-45-40(48)34-8-6-32(7-9-34)33-12-18-37(19-13-33)51-29-31-4-16-38(17-5-31)52-39-22-26-46(27-23-39)41(49)35-10-14-36(44)15-11-35/h4-19,30,39H,20-29H2,1-3H3,(H,45,48). The lowest BCUT2D eigenvalue weighted by Crippen LogP contribution is -2.43. The predicted octanol–water partition coefficient (Wildman–Crippen LogP) is 8.76. The summed E-state index contributed by atoms with van der Waals surface area (Å²) in [5, 5.41) is 3.07. The summed E-state index contributed by atoms with van der Waals surface area (Å²) in [6, 6.07) is 31.0. The van der Waals surface area contributed by atoms with Gasteiger partial charge in [0.25, 0.3) is 11.8 Å². The number of benzene rings is 4. The summed E-state index contributed by atoms with van der Waals surface area (Å²) >= 11 is 3.42. The maximum Gasteiger partial charge on any atom is 0.410 e. The van der Waals surface area contributed by atoms with Gasteiger partial charge in [0, 0.05) is 61.2 Å². The molecular weight excluding hydrogens is 734 g/mol. The molecule has 2 fully saturated rings. The minimum atomic E-state index is -0.505. The molecule has 53 heavy (non-hydrogen) atoms. The molecule has 0 saturated carbocycles. The average molecular weight is 783 g/mol. The van der Waals surface area contributed by atoms with E-state index in [-0.39, 0.29) is 24.0 Å². The number of halogens is 1. The first-order valence-electron chi connectivity index (χ1n) is 18.4. The van der Waals surface area contributed by atoms with E-state index in [4.69, 9.17) is 14.2 Å². The highest BCUT2D eigenvalue weighted by atomic mass is 79.9. The van der Waals surface area contributed by atoms with Crippen LogP contribution in [0.2, 0.25) is 0 Å². The molecule has 0 aliphatic carbocycles. The van der Waals surface area contributed by atoms with Crippen molar-refractivity contribution in [3.8, 4) is 22.6 Å². The zero-order valence-electron chi connectivity index (χ0n) is 30.7. The van der Waals surface area contributed by atoms with Gasteiger partial charge < -0.3 is 29.3 Å². The molecule has 0 spiro atoms. The molecule has 278 valence electrons. The van der Waals surface area contributed by atoms with Crippen molar-refractivity contribution in [2.45, 2.75) is 64.8 Å². The molecule has 2 heterocycles. The molecule has 0 bridgehead atoms. The van der Waals surface area contributed by atoms with Gasteiger partial charge >= 0.3 is 6.09 Å². The van der Waals surface area contributed by atoms with Gasteiger partial charge in [-0.15, -0.1) is 0 Å². The number of hydrogen-bond acceptors (Lipinski definition) is 6. The fourth-order valence-corrected chi connectivity index (χ4v) is 6.78. The van der Waals surface area contributed by atoms with Crippen LogP contribution in [0, 0.1) is 5.92 Å². The number of carbonyl (C=O) groups is 3. The van der Waals surface area contributed by atoms with Crippen LogP contribution >= 0.6 is 15.9 Å². The highest BCUT2D eigenvalue weighted by Crippen LogP contribution is 2.26. The summed E-state index contributed by atoms with van der Waals surface area (Å²) in [6.45, 7) is 9.25. The van der Waals surface area contributed by atoms with Crippen LogP contribution in [0.5, 0.6) is 11.5 Å². The molecule has 1 N–H and O–H groups in total. The van der Waals surface area contributed by atoms with Gasteiger partial charge in [0.2, 0.25) is 0 Å². The monoisotopic (exact) mass is 781 g/mol. The van der Waals surface area contributed by atoms with E-state index in [0.717, 1.165) is 58.3 Å². The van der Waals surface area contributed by atoms with Crippen LogP contribution in [0.1, 0.15) is 72.7 Å². The Hall–Kier alpha value is -4.83. The fourth-order valence-electron chi connectivity index (χ4n) is 6.52. The Bertz CT molecular complexity index is 1820. The molecular formula is C43H48BrN3O6. The first kappa shape index (κ1) is 37.9. The van der Waals surface area contributed by atoms with Gasteiger partial charge in [-0.05, 0) is 117 Å². The molecule has 9 nitrogen and oxygen atoms in total. The molecule has 0 aromatic heterocycles. The third-order valence-electron chi connectivity index (χ3n) is 9.60. The third-order valence-corrected chi connectivity index (χ3v) is 10.1. The molecule has 4 aromatic rings. The largest absolute Gasteiger partial charge is 0.490 e. The molecule has 3 amide bonds. The molecule has 10 heteroatoms. The average Bonchev–Trinajstić information content (AvgIpc) is 3.17. The molecule has 0 radical (unpaired) electrons. The van der Waals surface area contributed by atoms with Crippen LogP contribution in [0.15, 0.2) is 102 Å². The van der Waals surface area contributed by atoms with E-state index in [1.165, 1.54) is 0 Å². The van der Waals surface area contributed by atoms with E-state index in [0.29, 0.717) is 56.4 Å². The van der Waals surface area contributed by atoms with Crippen molar-refractivity contribution in [3.63, 3.8) is 0 Å². The van der Waals surface area contributed by atoms with E-state index in [1.54, 1.807) is 4.90 Å². The topological polar surface area (TPSA) is 97.4 Å². The zero-order chi connectivity index (χ0) is 37.4. The van der Waals surface area contributed by atoms with Crippen molar-refractivity contribution in [3.05, 3.63) is 118 Å². The van der Waals surface area contributed by atoms with E-state index in [2.05, 4.69) is 21.2 Å². The summed E-state index contributed by atoms with van der Waals surface area (Å²) in [4.78, 5) is 41.7. The van der Waals surface area contributed by atoms with E-state index >= 15 is 0 Å². The van der Waals surface area contributed by atoms with Crippen LogP contribution < -0.4 is 14.8 Å². The van der Waals surface area contributed by atoms with Gasteiger partial charge in [-0.2, -0.15) is 0 Å². The number of nitrogens with zero attached hydrogens (tertiary/aromatic N) is 2. The Kier molecular flexibility index (Phi) is 12.4. The Morgan fingerprint density at radius 1 is 0.698 bits per heavy atom. The fraction of sp³-hybridized carbons (Fsp3) is 0.372. The number of likely N-dealkylation sites (tertiary alicyclic amines) is 2. The highest BCUT2D eigenvalue weighted by molar-refractivity contribution is 9.10. The summed E-state index contributed by atoms with van der Waals surface area (Å²) in [5.74, 6) is 1.88. The van der Waals surface area contributed by atoms with Gasteiger partial charge in [-0.25, -0.2) is 4.79 Å². The Labute approximate surface area is 320 Å². The Morgan fingerprint density at radius 3 is 1.85 bits per heavy atom. The summed E-state index contributed by atoms with van der Waals surface area (Å²) in [6.07, 6.45) is 3.06. The van der Waals surface area contributed by atoms with Gasteiger partial charge in [-0.1, -0.05) is 52.3 Å². The minimum Gasteiger partial charge on any atom is -0.490 e. The number of hydrogen-bond donors (Lipinski definition) is 1. The second-order valence-corrected chi connectivity index (χ2v) is 15.7. The number of rotatable bonds is 10. The van der Waals surface area contributed by atoms with Crippen molar-refractivity contribution in [2.24, 2.45) is 5.92 Å². The number of amides is 3. The van der Waals surface area contributed by atoms with Crippen LogP contribution in [-0.4, -0.2) is 72.1 Å².